The molecule has 102 valence electrons. The summed E-state index contributed by atoms with van der Waals surface area (Å²) in [6.07, 6.45) is 5.05. The van der Waals surface area contributed by atoms with Crippen LogP contribution in [0.3, 0.4) is 0 Å². The standard InChI is InChI=1S/C13H11ClN4S2/c1-7-8(2)20-13-11(7)12(14)17-9(18-13)6-19-10-5-15-3-4-16-10/h3-5H,6H2,1-2H3. The minimum atomic E-state index is 0.534. The van der Waals surface area contributed by atoms with Gasteiger partial charge in [-0.25, -0.2) is 15.0 Å². The summed E-state index contributed by atoms with van der Waals surface area (Å²) in [4.78, 5) is 19.4. The Hall–Kier alpha value is -1.24. The fourth-order valence-electron chi connectivity index (χ4n) is 1.81. The van der Waals surface area contributed by atoms with E-state index in [0.717, 1.165) is 21.1 Å². The van der Waals surface area contributed by atoms with Gasteiger partial charge in [0.05, 0.1) is 17.3 Å². The molecule has 0 unspecified atom stereocenters. The molecule has 0 radical (unpaired) electrons. The Morgan fingerprint density at radius 3 is 2.85 bits per heavy atom. The monoisotopic (exact) mass is 322 g/mol. The number of thioether (sulfide) groups is 1. The average Bonchev–Trinajstić information content (AvgIpc) is 2.73. The zero-order valence-corrected chi connectivity index (χ0v) is 13.3. The van der Waals surface area contributed by atoms with E-state index in [2.05, 4.69) is 33.8 Å². The van der Waals surface area contributed by atoms with E-state index in [1.54, 1.807) is 41.7 Å². The van der Waals surface area contributed by atoms with Crippen LogP contribution in [0, 0.1) is 13.8 Å². The van der Waals surface area contributed by atoms with Gasteiger partial charge in [0.1, 0.15) is 20.8 Å². The summed E-state index contributed by atoms with van der Waals surface area (Å²) in [6, 6.07) is 0. The lowest BCUT2D eigenvalue weighted by Crippen LogP contribution is -1.94. The molecule has 0 spiro atoms. The van der Waals surface area contributed by atoms with Gasteiger partial charge in [-0.15, -0.1) is 11.3 Å². The highest BCUT2D eigenvalue weighted by Gasteiger charge is 2.13. The molecular weight excluding hydrogens is 312 g/mol. The van der Waals surface area contributed by atoms with Gasteiger partial charge in [0.2, 0.25) is 0 Å². The van der Waals surface area contributed by atoms with Crippen LogP contribution in [-0.2, 0) is 5.75 Å². The van der Waals surface area contributed by atoms with E-state index < -0.39 is 0 Å². The molecule has 0 atom stereocenters. The second-order valence-corrected chi connectivity index (χ2v) is 6.78. The SMILES string of the molecule is Cc1sc2nc(CSc3cnccn3)nc(Cl)c2c1C. The average molecular weight is 323 g/mol. The van der Waals surface area contributed by atoms with Crippen LogP contribution in [-0.4, -0.2) is 19.9 Å². The molecule has 0 aromatic carbocycles. The van der Waals surface area contributed by atoms with Crippen LogP contribution < -0.4 is 0 Å². The maximum atomic E-state index is 6.28. The number of halogens is 1. The van der Waals surface area contributed by atoms with E-state index in [4.69, 9.17) is 11.6 Å². The van der Waals surface area contributed by atoms with Crippen molar-refractivity contribution in [3.8, 4) is 0 Å². The number of rotatable bonds is 3. The van der Waals surface area contributed by atoms with Gasteiger partial charge in [-0.1, -0.05) is 23.4 Å². The number of hydrogen-bond acceptors (Lipinski definition) is 6. The molecule has 0 N–H and O–H groups in total. The van der Waals surface area contributed by atoms with Crippen LogP contribution in [0.15, 0.2) is 23.6 Å². The zero-order chi connectivity index (χ0) is 14.1. The molecule has 0 aliphatic heterocycles. The largest absolute Gasteiger partial charge is 0.260 e. The first-order valence-corrected chi connectivity index (χ1v) is 8.14. The van der Waals surface area contributed by atoms with Gasteiger partial charge in [-0.05, 0) is 19.4 Å². The maximum Gasteiger partial charge on any atom is 0.142 e. The molecule has 0 saturated heterocycles. The number of aryl methyl sites for hydroxylation is 2. The quantitative estimate of drug-likeness (QED) is 0.538. The van der Waals surface area contributed by atoms with Crippen LogP contribution in [0.1, 0.15) is 16.3 Å². The maximum absolute atomic E-state index is 6.28. The molecule has 0 amide bonds. The predicted molar refractivity (Wildman–Crippen MR) is 83.5 cm³/mol. The Balaban J connectivity index is 1.89. The fraction of sp³-hybridized carbons (Fsp3) is 0.231. The molecular formula is C13H11ClN4S2. The molecule has 4 nitrogen and oxygen atoms in total. The van der Waals surface area contributed by atoms with Gasteiger partial charge in [0.15, 0.2) is 0 Å². The van der Waals surface area contributed by atoms with Crippen LogP contribution in [0.4, 0.5) is 0 Å². The number of thiophene rings is 1. The Morgan fingerprint density at radius 2 is 2.10 bits per heavy atom. The summed E-state index contributed by atoms with van der Waals surface area (Å²) in [5.74, 6) is 1.35. The van der Waals surface area contributed by atoms with E-state index >= 15 is 0 Å². The van der Waals surface area contributed by atoms with Crippen molar-refractivity contribution in [2.24, 2.45) is 0 Å². The van der Waals surface area contributed by atoms with Crippen molar-refractivity contribution >= 4 is 44.9 Å². The second-order valence-electron chi connectivity index (χ2n) is 4.23. The van der Waals surface area contributed by atoms with Crippen molar-refractivity contribution in [1.82, 2.24) is 19.9 Å². The van der Waals surface area contributed by atoms with Gasteiger partial charge in [0, 0.05) is 17.3 Å². The molecule has 0 aliphatic carbocycles. The van der Waals surface area contributed by atoms with E-state index in [1.165, 1.54) is 10.4 Å². The van der Waals surface area contributed by atoms with Crippen LogP contribution in [0.2, 0.25) is 5.15 Å². The Labute approximate surface area is 129 Å². The summed E-state index contributed by atoms with van der Waals surface area (Å²) in [5.41, 5.74) is 1.17. The van der Waals surface area contributed by atoms with Crippen molar-refractivity contribution in [2.75, 3.05) is 0 Å². The van der Waals surface area contributed by atoms with Crippen molar-refractivity contribution in [2.45, 2.75) is 24.6 Å². The lowest BCUT2D eigenvalue weighted by molar-refractivity contribution is 1.04. The van der Waals surface area contributed by atoms with E-state index in [1.807, 2.05) is 0 Å². The number of fused-ring (bicyclic) bond motifs is 1. The summed E-state index contributed by atoms with van der Waals surface area (Å²) in [7, 11) is 0. The molecule has 0 saturated carbocycles. The minimum absolute atomic E-state index is 0.534. The first-order chi connectivity index (χ1) is 9.65. The van der Waals surface area contributed by atoms with E-state index in [0.29, 0.717) is 10.9 Å². The third kappa shape index (κ3) is 2.63. The van der Waals surface area contributed by atoms with Crippen molar-refractivity contribution in [3.05, 3.63) is 40.0 Å². The van der Waals surface area contributed by atoms with Crippen molar-refractivity contribution in [3.63, 3.8) is 0 Å². The number of nitrogens with zero attached hydrogens (tertiary/aromatic N) is 4. The van der Waals surface area contributed by atoms with Crippen LogP contribution >= 0.6 is 34.7 Å². The molecule has 3 rings (SSSR count). The molecule has 3 aromatic rings. The summed E-state index contributed by atoms with van der Waals surface area (Å²) in [5, 5.41) is 2.36. The third-order valence-corrected chi connectivity index (χ3v) is 5.20. The number of hydrogen-bond donors (Lipinski definition) is 0. The summed E-state index contributed by atoms with van der Waals surface area (Å²) < 4.78 is 0. The van der Waals surface area contributed by atoms with Crippen molar-refractivity contribution in [1.29, 1.82) is 0 Å². The van der Waals surface area contributed by atoms with E-state index in [9.17, 15) is 0 Å². The Bertz CT molecular complexity index is 758. The van der Waals surface area contributed by atoms with Crippen molar-refractivity contribution < 1.29 is 0 Å². The first-order valence-electron chi connectivity index (χ1n) is 5.96. The van der Waals surface area contributed by atoms with Gasteiger partial charge >= 0.3 is 0 Å². The molecule has 3 heterocycles. The zero-order valence-electron chi connectivity index (χ0n) is 10.9. The first kappa shape index (κ1) is 13.7. The molecule has 3 aromatic heterocycles. The lowest BCUT2D eigenvalue weighted by Gasteiger charge is -2.02. The van der Waals surface area contributed by atoms with Gasteiger partial charge in [0.25, 0.3) is 0 Å². The normalized spacial score (nSPS) is 11.2. The highest BCUT2D eigenvalue weighted by Crippen LogP contribution is 2.33. The van der Waals surface area contributed by atoms with Crippen LogP contribution in [0.25, 0.3) is 10.2 Å². The predicted octanol–water partition coefficient (Wildman–Crippen LogP) is 4.04. The molecule has 0 fully saturated rings. The van der Waals surface area contributed by atoms with Gasteiger partial charge < -0.3 is 0 Å². The topological polar surface area (TPSA) is 51.6 Å². The van der Waals surface area contributed by atoms with Gasteiger partial charge in [-0.2, -0.15) is 0 Å². The Morgan fingerprint density at radius 1 is 1.25 bits per heavy atom. The summed E-state index contributed by atoms with van der Waals surface area (Å²) in [6.45, 7) is 4.13. The Kier molecular flexibility index (Phi) is 3.87. The molecule has 20 heavy (non-hydrogen) atoms. The highest BCUT2D eigenvalue weighted by molar-refractivity contribution is 7.98. The second kappa shape index (κ2) is 5.63. The fourth-order valence-corrected chi connectivity index (χ4v) is 3.91. The minimum Gasteiger partial charge on any atom is -0.260 e. The van der Waals surface area contributed by atoms with Crippen LogP contribution in [0.5, 0.6) is 0 Å². The molecule has 0 aliphatic rings. The van der Waals surface area contributed by atoms with E-state index in [-0.39, 0.29) is 0 Å². The highest BCUT2D eigenvalue weighted by atomic mass is 35.5. The van der Waals surface area contributed by atoms with Gasteiger partial charge in [-0.3, -0.25) is 4.98 Å². The lowest BCUT2D eigenvalue weighted by atomic mass is 10.2. The molecule has 0 bridgehead atoms. The number of aromatic nitrogens is 4. The summed E-state index contributed by atoms with van der Waals surface area (Å²) >= 11 is 9.49. The molecule has 7 heteroatoms. The smallest absolute Gasteiger partial charge is 0.142 e. The third-order valence-electron chi connectivity index (χ3n) is 2.92.